The summed E-state index contributed by atoms with van der Waals surface area (Å²) in [5, 5.41) is 10.5. The van der Waals surface area contributed by atoms with E-state index in [1.807, 2.05) is 42.5 Å². The standard InChI is InChI=1S/C21H19NO4S/c23-21(24)15-8-16-6-13-20(14-7-16)27(25,26)22-19-11-9-18(10-12-19)17-4-2-1-3-5-17/h1-7,9-14,22H,8,15H2,(H,23,24)/p-1. The second kappa shape index (κ2) is 8.05. The summed E-state index contributed by atoms with van der Waals surface area (Å²) >= 11 is 0. The number of benzene rings is 3. The maximum Gasteiger partial charge on any atom is 0.261 e. The minimum Gasteiger partial charge on any atom is -0.550 e. The van der Waals surface area contributed by atoms with Crippen molar-refractivity contribution in [1.29, 1.82) is 0 Å². The molecule has 3 rings (SSSR count). The molecule has 0 heterocycles. The van der Waals surface area contributed by atoms with Crippen LogP contribution in [0.2, 0.25) is 0 Å². The second-order valence-corrected chi connectivity index (χ2v) is 7.75. The average molecular weight is 380 g/mol. The molecule has 3 aromatic rings. The van der Waals surface area contributed by atoms with Crippen LogP contribution in [-0.4, -0.2) is 14.4 Å². The zero-order chi connectivity index (χ0) is 19.3. The van der Waals surface area contributed by atoms with Crippen LogP contribution in [0.5, 0.6) is 0 Å². The summed E-state index contributed by atoms with van der Waals surface area (Å²) in [5.41, 5.74) is 3.26. The van der Waals surface area contributed by atoms with E-state index in [0.29, 0.717) is 12.1 Å². The Morgan fingerprint density at radius 2 is 1.41 bits per heavy atom. The third-order valence-corrected chi connectivity index (χ3v) is 5.49. The highest BCUT2D eigenvalue weighted by Crippen LogP contribution is 2.23. The van der Waals surface area contributed by atoms with Gasteiger partial charge in [0.05, 0.1) is 4.90 Å². The van der Waals surface area contributed by atoms with Crippen LogP contribution in [0.25, 0.3) is 11.1 Å². The van der Waals surface area contributed by atoms with Crippen molar-refractivity contribution < 1.29 is 18.3 Å². The van der Waals surface area contributed by atoms with Crippen LogP contribution in [-0.2, 0) is 21.2 Å². The third-order valence-electron chi connectivity index (χ3n) is 4.10. The van der Waals surface area contributed by atoms with Crippen molar-refractivity contribution in [3.05, 3.63) is 84.4 Å². The number of hydrogen-bond donors (Lipinski definition) is 1. The molecule has 0 saturated carbocycles. The molecule has 0 aliphatic rings. The maximum atomic E-state index is 12.5. The number of nitrogens with one attached hydrogen (secondary N) is 1. The van der Waals surface area contributed by atoms with E-state index in [9.17, 15) is 18.3 Å². The molecule has 0 aliphatic heterocycles. The molecule has 0 radical (unpaired) electrons. The van der Waals surface area contributed by atoms with Crippen LogP contribution in [0.1, 0.15) is 12.0 Å². The van der Waals surface area contributed by atoms with Crippen LogP contribution >= 0.6 is 0 Å². The summed E-state index contributed by atoms with van der Waals surface area (Å²) in [6.07, 6.45) is 0.204. The molecule has 27 heavy (non-hydrogen) atoms. The normalized spacial score (nSPS) is 11.1. The highest BCUT2D eigenvalue weighted by atomic mass is 32.2. The van der Waals surface area contributed by atoms with E-state index < -0.39 is 16.0 Å². The van der Waals surface area contributed by atoms with Gasteiger partial charge in [-0.3, -0.25) is 4.72 Å². The van der Waals surface area contributed by atoms with Crippen molar-refractivity contribution in [3.8, 4) is 11.1 Å². The Morgan fingerprint density at radius 3 is 2.00 bits per heavy atom. The van der Waals surface area contributed by atoms with Gasteiger partial charge in [-0.25, -0.2) is 8.42 Å². The predicted molar refractivity (Wildman–Crippen MR) is 102 cm³/mol. The summed E-state index contributed by atoms with van der Waals surface area (Å²) in [4.78, 5) is 10.6. The molecule has 0 aromatic heterocycles. The van der Waals surface area contributed by atoms with Gasteiger partial charge in [-0.2, -0.15) is 0 Å². The lowest BCUT2D eigenvalue weighted by Crippen LogP contribution is -2.22. The predicted octanol–water partition coefficient (Wildman–Crippen LogP) is 2.84. The van der Waals surface area contributed by atoms with E-state index in [2.05, 4.69) is 4.72 Å². The molecule has 138 valence electrons. The number of aryl methyl sites for hydroxylation is 1. The van der Waals surface area contributed by atoms with Gasteiger partial charge in [0.25, 0.3) is 10.0 Å². The second-order valence-electron chi connectivity index (χ2n) is 6.06. The molecule has 0 unspecified atom stereocenters. The fourth-order valence-electron chi connectivity index (χ4n) is 2.66. The summed E-state index contributed by atoms with van der Waals surface area (Å²) in [5.74, 6) is -1.13. The highest BCUT2D eigenvalue weighted by molar-refractivity contribution is 7.92. The number of anilines is 1. The van der Waals surface area contributed by atoms with E-state index in [4.69, 9.17) is 0 Å². The Labute approximate surface area is 158 Å². The molecule has 0 spiro atoms. The van der Waals surface area contributed by atoms with Crippen molar-refractivity contribution in [2.75, 3.05) is 4.72 Å². The number of carboxylic acids is 1. The van der Waals surface area contributed by atoms with Gasteiger partial charge in [-0.1, -0.05) is 54.6 Å². The molecule has 0 fully saturated rings. The van der Waals surface area contributed by atoms with Gasteiger partial charge in [0.2, 0.25) is 0 Å². The van der Waals surface area contributed by atoms with Crippen LogP contribution in [0.15, 0.2) is 83.8 Å². The maximum absolute atomic E-state index is 12.5. The Hall–Kier alpha value is -3.12. The van der Waals surface area contributed by atoms with Crippen LogP contribution in [0.3, 0.4) is 0 Å². The molecule has 0 bridgehead atoms. The number of aliphatic carboxylic acids is 1. The number of hydrogen-bond acceptors (Lipinski definition) is 4. The molecular weight excluding hydrogens is 362 g/mol. The molecular formula is C21H18NO4S-. The van der Waals surface area contributed by atoms with E-state index in [1.54, 1.807) is 24.3 Å². The molecule has 0 atom stereocenters. The van der Waals surface area contributed by atoms with Gasteiger partial charge < -0.3 is 9.90 Å². The lowest BCUT2D eigenvalue weighted by atomic mass is 10.1. The number of carboxylic acid groups (broad SMARTS) is 1. The van der Waals surface area contributed by atoms with Crippen molar-refractivity contribution in [1.82, 2.24) is 0 Å². The van der Waals surface area contributed by atoms with Crippen LogP contribution in [0.4, 0.5) is 5.69 Å². The zero-order valence-corrected chi connectivity index (χ0v) is 15.3. The zero-order valence-electron chi connectivity index (χ0n) is 14.5. The van der Waals surface area contributed by atoms with E-state index in [1.165, 1.54) is 12.1 Å². The average Bonchev–Trinajstić information content (AvgIpc) is 2.68. The monoisotopic (exact) mass is 380 g/mol. The van der Waals surface area contributed by atoms with Gasteiger partial charge in [0.1, 0.15) is 0 Å². The SMILES string of the molecule is O=C([O-])CCc1ccc(S(=O)(=O)Nc2ccc(-c3ccccc3)cc2)cc1. The van der Waals surface area contributed by atoms with Gasteiger partial charge in [0, 0.05) is 11.7 Å². The summed E-state index contributed by atoms with van der Waals surface area (Å²) < 4.78 is 27.6. The smallest absolute Gasteiger partial charge is 0.261 e. The Kier molecular flexibility index (Phi) is 5.57. The van der Waals surface area contributed by atoms with Crippen LogP contribution in [0, 0.1) is 0 Å². The first-order chi connectivity index (χ1) is 12.9. The first-order valence-electron chi connectivity index (χ1n) is 8.41. The molecule has 0 saturated heterocycles. The summed E-state index contributed by atoms with van der Waals surface area (Å²) in [7, 11) is -3.72. The Balaban J connectivity index is 1.71. The van der Waals surface area contributed by atoms with E-state index >= 15 is 0 Å². The Bertz CT molecular complexity index is 1010. The van der Waals surface area contributed by atoms with E-state index in [-0.39, 0.29) is 11.3 Å². The minimum atomic E-state index is -3.72. The van der Waals surface area contributed by atoms with Crippen LogP contribution < -0.4 is 9.83 Å². The molecule has 1 N–H and O–H groups in total. The largest absolute Gasteiger partial charge is 0.550 e. The topological polar surface area (TPSA) is 86.3 Å². The lowest BCUT2D eigenvalue weighted by Gasteiger charge is -2.10. The highest BCUT2D eigenvalue weighted by Gasteiger charge is 2.14. The fraction of sp³-hybridized carbons (Fsp3) is 0.0952. The quantitative estimate of drug-likeness (QED) is 0.683. The molecule has 3 aromatic carbocycles. The fourth-order valence-corrected chi connectivity index (χ4v) is 3.72. The first kappa shape index (κ1) is 18.7. The molecule has 0 aliphatic carbocycles. The summed E-state index contributed by atoms with van der Waals surface area (Å²) in [6.45, 7) is 0. The molecule has 5 nitrogen and oxygen atoms in total. The van der Waals surface area contributed by atoms with Crippen molar-refractivity contribution in [2.45, 2.75) is 17.7 Å². The van der Waals surface area contributed by atoms with E-state index in [0.717, 1.165) is 16.7 Å². The number of sulfonamides is 1. The lowest BCUT2D eigenvalue weighted by molar-refractivity contribution is -0.305. The minimum absolute atomic E-state index is 0.0991. The van der Waals surface area contributed by atoms with Crippen molar-refractivity contribution in [3.63, 3.8) is 0 Å². The van der Waals surface area contributed by atoms with Gasteiger partial charge >= 0.3 is 0 Å². The van der Waals surface area contributed by atoms with Crippen molar-refractivity contribution >= 4 is 21.7 Å². The first-order valence-corrected chi connectivity index (χ1v) is 9.89. The summed E-state index contributed by atoms with van der Waals surface area (Å²) in [6, 6.07) is 23.1. The van der Waals surface area contributed by atoms with Gasteiger partial charge in [0.15, 0.2) is 0 Å². The van der Waals surface area contributed by atoms with Gasteiger partial charge in [-0.05, 0) is 53.8 Å². The Morgan fingerprint density at radius 1 is 0.815 bits per heavy atom. The van der Waals surface area contributed by atoms with Crippen molar-refractivity contribution in [2.24, 2.45) is 0 Å². The molecule has 6 heteroatoms. The number of carbonyl (C=O) groups is 1. The van der Waals surface area contributed by atoms with Gasteiger partial charge in [-0.15, -0.1) is 0 Å². The third kappa shape index (κ3) is 4.95. The number of carbonyl (C=O) groups excluding carboxylic acids is 1. The molecule has 0 amide bonds. The number of rotatable bonds is 7.